The highest BCUT2D eigenvalue weighted by Gasteiger charge is 2.41. The minimum Gasteiger partial charge on any atom is -0.496 e. The van der Waals surface area contributed by atoms with Gasteiger partial charge in [-0.2, -0.15) is 5.26 Å². The number of ether oxygens (including phenoxy) is 2. The summed E-state index contributed by atoms with van der Waals surface area (Å²) in [7, 11) is 1.45. The van der Waals surface area contributed by atoms with Crippen molar-refractivity contribution in [2.24, 2.45) is 0 Å². The lowest BCUT2D eigenvalue weighted by molar-refractivity contribution is -0.121. The number of carbonyl (C=O) groups excluding carboxylic acids is 4. The summed E-state index contributed by atoms with van der Waals surface area (Å²) in [5.74, 6) is -1.52. The van der Waals surface area contributed by atoms with E-state index in [-0.39, 0.29) is 17.9 Å². The second-order valence-corrected chi connectivity index (χ2v) is 11.3. The van der Waals surface area contributed by atoms with E-state index < -0.39 is 29.5 Å². The van der Waals surface area contributed by atoms with Gasteiger partial charge in [-0.3, -0.25) is 14.4 Å². The molecule has 0 bridgehead atoms. The molecule has 3 aromatic rings. The zero-order valence-electron chi connectivity index (χ0n) is 23.1. The fourth-order valence-electron chi connectivity index (χ4n) is 5.15. The number of nitrogens with zero attached hydrogens (tertiary/aromatic N) is 3. The van der Waals surface area contributed by atoms with E-state index in [0.29, 0.717) is 27.6 Å². The number of methoxy groups -OCH3 is 1. The number of pyridine rings is 1. The molecule has 0 saturated carbocycles. The standard InChI is InChI=1S/C32H29N3O6S/c1-40-27-11-7-6-9-24(27)26(36)19-41-32(39)20-12-14-23(15-13-20)35-29(37)17-28(31(35)38)42-30-22(18-33)16-21-8-4-2-3-5-10-25(21)34-30/h6-7,9,11-16,28H,2-5,8,10,17,19H2,1H3. The summed E-state index contributed by atoms with van der Waals surface area (Å²) in [4.78, 5) is 57.2. The highest BCUT2D eigenvalue weighted by molar-refractivity contribution is 8.00. The molecule has 1 aromatic heterocycles. The molecular formula is C32H29N3O6S. The lowest BCUT2D eigenvalue weighted by Crippen LogP contribution is -2.31. The van der Waals surface area contributed by atoms with Gasteiger partial charge >= 0.3 is 5.97 Å². The van der Waals surface area contributed by atoms with Crippen molar-refractivity contribution in [3.05, 3.63) is 82.5 Å². The number of ketones is 1. The largest absolute Gasteiger partial charge is 0.496 e. The van der Waals surface area contributed by atoms with Crippen LogP contribution in [0.15, 0.2) is 59.6 Å². The number of imide groups is 1. The third-order valence-corrected chi connectivity index (χ3v) is 8.54. The molecule has 0 spiro atoms. The highest BCUT2D eigenvalue weighted by Crippen LogP contribution is 2.36. The lowest BCUT2D eigenvalue weighted by Gasteiger charge is -2.17. The SMILES string of the molecule is COc1ccccc1C(=O)COC(=O)c1ccc(N2C(=O)CC(Sc3nc4c(cc3C#N)CCCCCC4)C2=O)cc1. The van der Waals surface area contributed by atoms with E-state index in [2.05, 4.69) is 6.07 Å². The summed E-state index contributed by atoms with van der Waals surface area (Å²) in [6.07, 6.45) is 6.10. The number of rotatable bonds is 8. The van der Waals surface area contributed by atoms with Gasteiger partial charge in [0, 0.05) is 12.1 Å². The summed E-state index contributed by atoms with van der Waals surface area (Å²) in [5.41, 5.74) is 3.28. The fraction of sp³-hybridized carbons (Fsp3) is 0.312. The van der Waals surface area contributed by atoms with Crippen molar-refractivity contribution < 1.29 is 28.7 Å². The molecule has 1 aliphatic heterocycles. The van der Waals surface area contributed by atoms with Crippen LogP contribution in [0.4, 0.5) is 5.69 Å². The van der Waals surface area contributed by atoms with Gasteiger partial charge in [0.15, 0.2) is 6.61 Å². The third kappa shape index (κ3) is 6.21. The van der Waals surface area contributed by atoms with Gasteiger partial charge in [0.2, 0.25) is 17.6 Å². The number of Topliss-reactive ketones (excluding diaryl/α,β-unsaturated/α-hetero) is 1. The number of hydrogen-bond donors (Lipinski definition) is 0. The predicted molar refractivity (Wildman–Crippen MR) is 156 cm³/mol. The zero-order chi connectivity index (χ0) is 29.6. The number of esters is 1. The van der Waals surface area contributed by atoms with Crippen LogP contribution >= 0.6 is 11.8 Å². The molecule has 1 aliphatic carbocycles. The second kappa shape index (κ2) is 13.0. The molecule has 42 heavy (non-hydrogen) atoms. The normalized spacial score (nSPS) is 16.7. The number of aryl methyl sites for hydroxylation is 2. The van der Waals surface area contributed by atoms with Gasteiger partial charge in [-0.25, -0.2) is 14.7 Å². The van der Waals surface area contributed by atoms with Crippen molar-refractivity contribution in [3.63, 3.8) is 0 Å². The van der Waals surface area contributed by atoms with Crippen molar-refractivity contribution in [1.29, 1.82) is 5.26 Å². The smallest absolute Gasteiger partial charge is 0.338 e. The summed E-state index contributed by atoms with van der Waals surface area (Å²) >= 11 is 1.15. The van der Waals surface area contributed by atoms with Crippen LogP contribution in [0.25, 0.3) is 0 Å². The van der Waals surface area contributed by atoms with Crippen LogP contribution < -0.4 is 9.64 Å². The van der Waals surface area contributed by atoms with Crippen LogP contribution in [0.5, 0.6) is 5.75 Å². The number of benzene rings is 2. The summed E-state index contributed by atoms with van der Waals surface area (Å²) in [5, 5.41) is 9.52. The molecule has 2 aliphatic rings. The molecule has 9 nitrogen and oxygen atoms in total. The van der Waals surface area contributed by atoms with Crippen LogP contribution in [0.1, 0.15) is 69.6 Å². The Labute approximate surface area is 247 Å². The van der Waals surface area contributed by atoms with E-state index in [4.69, 9.17) is 14.5 Å². The molecule has 2 aromatic carbocycles. The zero-order valence-corrected chi connectivity index (χ0v) is 23.9. The van der Waals surface area contributed by atoms with Crippen molar-refractivity contribution in [3.8, 4) is 11.8 Å². The van der Waals surface area contributed by atoms with E-state index in [0.717, 1.165) is 66.4 Å². The first-order chi connectivity index (χ1) is 20.4. The number of para-hydroxylation sites is 1. The first kappa shape index (κ1) is 29.0. The number of hydrogen-bond acceptors (Lipinski definition) is 9. The third-order valence-electron chi connectivity index (χ3n) is 7.35. The van der Waals surface area contributed by atoms with Crippen molar-refractivity contribution in [2.75, 3.05) is 18.6 Å². The number of fused-ring (bicyclic) bond motifs is 1. The number of anilines is 1. The topological polar surface area (TPSA) is 127 Å². The van der Waals surface area contributed by atoms with E-state index in [1.54, 1.807) is 24.3 Å². The molecule has 1 saturated heterocycles. The average molecular weight is 584 g/mol. The number of carbonyl (C=O) groups is 4. The Morgan fingerprint density at radius 1 is 1.05 bits per heavy atom. The number of nitriles is 1. The Bertz CT molecular complexity index is 1580. The summed E-state index contributed by atoms with van der Waals surface area (Å²) in [6, 6.07) is 16.6. The summed E-state index contributed by atoms with van der Waals surface area (Å²) < 4.78 is 10.4. The van der Waals surface area contributed by atoms with Gasteiger partial charge in [-0.05, 0) is 73.7 Å². The van der Waals surface area contributed by atoms with Crippen LogP contribution in [0, 0.1) is 11.3 Å². The van der Waals surface area contributed by atoms with Gasteiger partial charge in [0.25, 0.3) is 0 Å². The molecule has 214 valence electrons. The fourth-order valence-corrected chi connectivity index (χ4v) is 6.25. The second-order valence-electron chi connectivity index (χ2n) is 10.1. The van der Waals surface area contributed by atoms with Crippen molar-refractivity contribution >= 4 is 41.0 Å². The maximum absolute atomic E-state index is 13.3. The molecule has 1 unspecified atom stereocenters. The number of aromatic nitrogens is 1. The summed E-state index contributed by atoms with van der Waals surface area (Å²) in [6.45, 7) is -0.468. The minimum atomic E-state index is -0.716. The maximum Gasteiger partial charge on any atom is 0.338 e. The van der Waals surface area contributed by atoms with Crippen LogP contribution in [-0.2, 0) is 27.2 Å². The van der Waals surface area contributed by atoms with Crippen molar-refractivity contribution in [2.45, 2.75) is 55.2 Å². The molecule has 0 radical (unpaired) electrons. The molecule has 1 atom stereocenters. The van der Waals surface area contributed by atoms with Gasteiger partial charge in [-0.1, -0.05) is 36.7 Å². The molecule has 10 heteroatoms. The van der Waals surface area contributed by atoms with Gasteiger partial charge in [-0.15, -0.1) is 0 Å². The van der Waals surface area contributed by atoms with Crippen molar-refractivity contribution in [1.82, 2.24) is 4.98 Å². The Morgan fingerprint density at radius 2 is 1.79 bits per heavy atom. The molecule has 0 N–H and O–H groups in total. The van der Waals surface area contributed by atoms with E-state index in [1.165, 1.54) is 31.4 Å². The molecule has 1 fully saturated rings. The van der Waals surface area contributed by atoms with Crippen LogP contribution in [0.3, 0.4) is 0 Å². The average Bonchev–Trinajstić information content (AvgIpc) is 3.28. The number of thioether (sulfide) groups is 1. The Balaban J connectivity index is 1.25. The van der Waals surface area contributed by atoms with Gasteiger partial charge in [0.1, 0.15) is 16.8 Å². The Morgan fingerprint density at radius 3 is 2.52 bits per heavy atom. The molecule has 5 rings (SSSR count). The first-order valence-corrected chi connectivity index (χ1v) is 14.7. The molecule has 2 amide bonds. The van der Waals surface area contributed by atoms with Gasteiger partial charge < -0.3 is 9.47 Å². The highest BCUT2D eigenvalue weighted by atomic mass is 32.2. The minimum absolute atomic E-state index is 0.0258. The van der Waals surface area contributed by atoms with Crippen LogP contribution in [0.2, 0.25) is 0 Å². The van der Waals surface area contributed by atoms with Gasteiger partial charge in [0.05, 0.1) is 34.7 Å². The molecule has 2 heterocycles. The van der Waals surface area contributed by atoms with Crippen LogP contribution in [-0.4, -0.2) is 47.5 Å². The number of amides is 2. The van der Waals surface area contributed by atoms with E-state index in [9.17, 15) is 24.4 Å². The van der Waals surface area contributed by atoms with E-state index >= 15 is 0 Å². The predicted octanol–water partition coefficient (Wildman–Crippen LogP) is 5.08. The Hall–Kier alpha value is -4.49. The maximum atomic E-state index is 13.3. The molecular weight excluding hydrogens is 554 g/mol. The monoisotopic (exact) mass is 583 g/mol. The first-order valence-electron chi connectivity index (χ1n) is 13.8. The Kier molecular flexibility index (Phi) is 8.98. The quantitative estimate of drug-likeness (QED) is 0.203. The van der Waals surface area contributed by atoms with E-state index in [1.807, 2.05) is 6.07 Å². The lowest BCUT2D eigenvalue weighted by atomic mass is 9.96.